The third-order valence-corrected chi connectivity index (χ3v) is 10.6. The van der Waals surface area contributed by atoms with E-state index in [1.54, 1.807) is 18.2 Å². The van der Waals surface area contributed by atoms with Crippen LogP contribution in [0.5, 0.6) is 17.2 Å². The Morgan fingerprint density at radius 3 is 2.64 bits per heavy atom. The fourth-order valence-corrected chi connectivity index (χ4v) is 8.14. The number of nitrogens with zero attached hydrogens (tertiary/aromatic N) is 1. The van der Waals surface area contributed by atoms with Gasteiger partial charge in [0.25, 0.3) is 5.91 Å². The monoisotopic (exact) mass is 649 g/mol. The minimum Gasteiger partial charge on any atom is -0.506 e. The van der Waals surface area contributed by atoms with Crippen LogP contribution in [0.4, 0.5) is 0 Å². The molecule has 0 radical (unpaired) electrons. The molecule has 7 rings (SSSR count). The van der Waals surface area contributed by atoms with Gasteiger partial charge in [0.05, 0.1) is 37.8 Å². The highest BCUT2D eigenvalue weighted by molar-refractivity contribution is 6.12. The van der Waals surface area contributed by atoms with E-state index >= 15 is 0 Å². The highest BCUT2D eigenvalue weighted by atomic mass is 16.7. The summed E-state index contributed by atoms with van der Waals surface area (Å²) in [4.78, 5) is 29.1. The SMILES string of the molecule is COc1cc(OC2OC(CO)C(O)C(O)C2(O)CO)c2c(O)c(C(=O)CN3Cc4ccccc4C3=O)c3c(c2c1)CCC1CCCC31. The maximum absolute atomic E-state index is 14.4. The number of fused-ring (bicyclic) bond motifs is 6. The third kappa shape index (κ3) is 4.97. The van der Waals surface area contributed by atoms with Gasteiger partial charge in [-0.25, -0.2) is 0 Å². The Balaban J connectivity index is 1.38. The van der Waals surface area contributed by atoms with Crippen molar-refractivity contribution >= 4 is 22.5 Å². The Kier molecular flexibility index (Phi) is 8.14. The fraction of sp³-hybridized carbons (Fsp3) is 0.486. The lowest BCUT2D eigenvalue weighted by Gasteiger charge is -2.46. The minimum atomic E-state index is -2.52. The van der Waals surface area contributed by atoms with Gasteiger partial charge < -0.3 is 49.7 Å². The molecule has 0 spiro atoms. The van der Waals surface area contributed by atoms with Crippen molar-refractivity contribution in [3.05, 3.63) is 64.2 Å². The minimum absolute atomic E-state index is 0.0400. The largest absolute Gasteiger partial charge is 0.506 e. The van der Waals surface area contributed by atoms with Gasteiger partial charge >= 0.3 is 0 Å². The van der Waals surface area contributed by atoms with Crippen LogP contribution < -0.4 is 9.47 Å². The Bertz CT molecular complexity index is 1740. The quantitative estimate of drug-likeness (QED) is 0.195. The van der Waals surface area contributed by atoms with Crippen LogP contribution in [-0.4, -0.2) is 104 Å². The maximum Gasteiger partial charge on any atom is 0.254 e. The zero-order chi connectivity index (χ0) is 33.2. The van der Waals surface area contributed by atoms with E-state index in [4.69, 9.17) is 14.2 Å². The number of aryl methyl sites for hydroxylation is 1. The molecule has 2 aliphatic heterocycles. The molecular weight excluding hydrogens is 610 g/mol. The van der Waals surface area contributed by atoms with Crippen LogP contribution in [0.25, 0.3) is 10.8 Å². The van der Waals surface area contributed by atoms with Crippen LogP contribution >= 0.6 is 0 Å². The number of carbonyl (C=O) groups excluding carboxylic acids is 2. The van der Waals surface area contributed by atoms with E-state index in [1.165, 1.54) is 18.1 Å². The molecule has 2 heterocycles. The van der Waals surface area contributed by atoms with Crippen LogP contribution in [-0.2, 0) is 17.7 Å². The molecule has 1 saturated heterocycles. The summed E-state index contributed by atoms with van der Waals surface area (Å²) in [5.41, 5.74) is 0.595. The molecule has 2 aliphatic carbocycles. The first kappa shape index (κ1) is 31.8. The zero-order valence-electron chi connectivity index (χ0n) is 26.0. The average Bonchev–Trinajstić information content (AvgIpc) is 3.69. The second-order valence-corrected chi connectivity index (χ2v) is 13.1. The molecule has 0 bridgehead atoms. The first-order valence-electron chi connectivity index (χ1n) is 16.0. The Labute approximate surface area is 270 Å². The number of Topliss-reactive ketones (excluding diaryl/α,β-unsaturated/α-hetero) is 1. The lowest BCUT2D eigenvalue weighted by Crippen LogP contribution is -2.69. The number of amides is 1. The van der Waals surface area contributed by atoms with Crippen molar-refractivity contribution in [1.29, 1.82) is 0 Å². The topological polar surface area (TPSA) is 186 Å². The van der Waals surface area contributed by atoms with Gasteiger partial charge in [0.2, 0.25) is 6.29 Å². The number of ether oxygens (including phenoxy) is 3. The maximum atomic E-state index is 14.4. The Morgan fingerprint density at radius 2 is 1.91 bits per heavy atom. The third-order valence-electron chi connectivity index (χ3n) is 10.6. The van der Waals surface area contributed by atoms with Gasteiger partial charge in [-0.05, 0) is 71.7 Å². The molecule has 12 heteroatoms. The first-order chi connectivity index (χ1) is 22.6. The number of aliphatic hydroxyl groups excluding tert-OH is 4. The summed E-state index contributed by atoms with van der Waals surface area (Å²) >= 11 is 0. The number of carbonyl (C=O) groups is 2. The highest BCUT2D eigenvalue weighted by Crippen LogP contribution is 2.54. The smallest absolute Gasteiger partial charge is 0.254 e. The van der Waals surface area contributed by atoms with Crippen molar-refractivity contribution in [2.45, 2.75) is 74.8 Å². The number of ketones is 1. The van der Waals surface area contributed by atoms with Gasteiger partial charge in [-0.15, -0.1) is 0 Å². The molecular formula is C35H39NO11. The van der Waals surface area contributed by atoms with Gasteiger partial charge in [0.15, 0.2) is 11.4 Å². The number of aromatic hydroxyl groups is 1. The van der Waals surface area contributed by atoms with Crippen molar-refractivity contribution in [1.82, 2.24) is 4.90 Å². The van der Waals surface area contributed by atoms with Crippen LogP contribution in [0, 0.1) is 5.92 Å². The van der Waals surface area contributed by atoms with Crippen molar-refractivity contribution < 1.29 is 54.4 Å². The van der Waals surface area contributed by atoms with E-state index in [0.717, 1.165) is 42.4 Å². The van der Waals surface area contributed by atoms with Crippen molar-refractivity contribution in [3.8, 4) is 17.2 Å². The standard InChI is InChI=1S/C35H39NO11/c1-45-19-11-23-22-10-9-17-6-4-8-20(17)27(22)29(24(39)14-36-13-18-5-2-3-7-21(18)33(36)43)31(41)28(23)25(12-19)46-34-35(44,16-38)32(42)30(40)26(15-37)47-34/h2-3,5,7,11-12,17,20,26,30,32,34,37-38,40-42,44H,4,6,8-10,13-16H2,1H3. The number of hydrogen-bond donors (Lipinski definition) is 6. The molecule has 7 atom stereocenters. The molecule has 250 valence electrons. The van der Waals surface area contributed by atoms with E-state index in [9.17, 15) is 40.2 Å². The van der Waals surface area contributed by atoms with E-state index < -0.39 is 49.2 Å². The summed E-state index contributed by atoms with van der Waals surface area (Å²) < 4.78 is 17.4. The number of methoxy groups -OCH3 is 1. The van der Waals surface area contributed by atoms with Gasteiger partial charge in [0.1, 0.15) is 35.6 Å². The number of phenols is 1. The number of rotatable bonds is 8. The normalized spacial score (nSPS) is 29.8. The van der Waals surface area contributed by atoms with E-state index in [-0.39, 0.29) is 47.4 Å². The van der Waals surface area contributed by atoms with Crippen LogP contribution in [0.2, 0.25) is 0 Å². The molecule has 4 aliphatic rings. The predicted octanol–water partition coefficient (Wildman–Crippen LogP) is 1.76. The molecule has 1 saturated carbocycles. The van der Waals surface area contributed by atoms with Gasteiger partial charge in [0, 0.05) is 18.2 Å². The number of phenolic OH excluding ortho intramolecular Hbond substituents is 1. The lowest BCUT2D eigenvalue weighted by atomic mass is 9.72. The second kappa shape index (κ2) is 12.0. The number of benzene rings is 3. The lowest BCUT2D eigenvalue weighted by molar-refractivity contribution is -0.327. The van der Waals surface area contributed by atoms with Crippen LogP contribution in [0.15, 0.2) is 36.4 Å². The van der Waals surface area contributed by atoms with Crippen molar-refractivity contribution in [3.63, 3.8) is 0 Å². The molecule has 3 aromatic rings. The summed E-state index contributed by atoms with van der Waals surface area (Å²) in [5.74, 6) is -0.389. The highest BCUT2D eigenvalue weighted by Gasteiger charge is 2.56. The molecule has 47 heavy (non-hydrogen) atoms. The van der Waals surface area contributed by atoms with Crippen molar-refractivity contribution in [2.75, 3.05) is 26.9 Å². The summed E-state index contributed by atoms with van der Waals surface area (Å²) in [6.07, 6.45) is -2.50. The van der Waals surface area contributed by atoms with Gasteiger partial charge in [-0.3, -0.25) is 9.59 Å². The summed E-state index contributed by atoms with van der Waals surface area (Å²) in [6, 6.07) is 10.4. The van der Waals surface area contributed by atoms with Gasteiger partial charge in [-0.1, -0.05) is 24.6 Å². The molecule has 12 nitrogen and oxygen atoms in total. The molecule has 7 unspecified atom stereocenters. The molecule has 2 fully saturated rings. The second-order valence-electron chi connectivity index (χ2n) is 13.1. The summed E-state index contributed by atoms with van der Waals surface area (Å²) in [7, 11) is 1.45. The first-order valence-corrected chi connectivity index (χ1v) is 16.0. The van der Waals surface area contributed by atoms with E-state index in [0.29, 0.717) is 29.0 Å². The molecule has 3 aromatic carbocycles. The fourth-order valence-electron chi connectivity index (χ4n) is 8.14. The van der Waals surface area contributed by atoms with E-state index in [2.05, 4.69) is 0 Å². The van der Waals surface area contributed by atoms with E-state index in [1.807, 2.05) is 12.1 Å². The molecule has 0 aromatic heterocycles. The summed E-state index contributed by atoms with van der Waals surface area (Å²) in [5, 5.41) is 65.1. The average molecular weight is 650 g/mol. The number of aliphatic hydroxyl groups is 5. The number of hydrogen-bond acceptors (Lipinski definition) is 11. The Morgan fingerprint density at radius 1 is 1.13 bits per heavy atom. The van der Waals surface area contributed by atoms with Crippen LogP contribution in [0.1, 0.15) is 69.0 Å². The van der Waals surface area contributed by atoms with Gasteiger partial charge in [-0.2, -0.15) is 0 Å². The molecule has 6 N–H and O–H groups in total. The Hall–Kier alpha value is -3.78. The van der Waals surface area contributed by atoms with Crippen molar-refractivity contribution in [2.24, 2.45) is 5.92 Å². The zero-order valence-corrected chi connectivity index (χ0v) is 26.0. The van der Waals surface area contributed by atoms with Crippen LogP contribution in [0.3, 0.4) is 0 Å². The molecule has 1 amide bonds. The summed E-state index contributed by atoms with van der Waals surface area (Å²) in [6.45, 7) is -1.78. The predicted molar refractivity (Wildman–Crippen MR) is 167 cm³/mol.